The summed E-state index contributed by atoms with van der Waals surface area (Å²) in [5, 5.41) is 0. The summed E-state index contributed by atoms with van der Waals surface area (Å²) in [7, 11) is 0. The van der Waals surface area contributed by atoms with Crippen molar-refractivity contribution in [3.8, 4) is 0 Å². The highest BCUT2D eigenvalue weighted by atomic mass is 16.2. The van der Waals surface area contributed by atoms with Crippen molar-refractivity contribution in [2.24, 2.45) is 0 Å². The summed E-state index contributed by atoms with van der Waals surface area (Å²) in [4.78, 5) is 43.3. The Morgan fingerprint density at radius 2 is 1.83 bits per heavy atom. The van der Waals surface area contributed by atoms with Crippen LogP contribution in [0.3, 0.4) is 0 Å². The van der Waals surface area contributed by atoms with Crippen LogP contribution in [0.4, 0.5) is 11.5 Å². The Morgan fingerprint density at radius 1 is 1.06 bits per heavy atom. The molecule has 7 heteroatoms. The Bertz CT molecular complexity index is 1370. The molecule has 0 spiro atoms. The van der Waals surface area contributed by atoms with Crippen molar-refractivity contribution in [1.29, 1.82) is 0 Å². The molecule has 1 amide bonds. The molecule has 182 valence electrons. The third-order valence-electron chi connectivity index (χ3n) is 6.71. The average molecular weight is 473 g/mol. The number of H-pyrrole nitrogens is 1. The lowest BCUT2D eigenvalue weighted by molar-refractivity contribution is 0.0986. The molecule has 0 radical (unpaired) electrons. The number of allylic oxidation sites excluding steroid dienone is 1. The van der Waals surface area contributed by atoms with Crippen molar-refractivity contribution in [1.82, 2.24) is 9.55 Å². The number of nitrogens with two attached hydrogens (primary N) is 1. The first-order valence-corrected chi connectivity index (χ1v) is 12.1. The standard InChI is InChI=1S/C28H32N4O3/c1-19-13-14-23(17-20(19)2)27(34)31(16-15-21-9-5-3-6-10-21)24-25(29)32(28(35)30-26(24)33)18-22-11-7-4-8-12-22/h4,7-9,11-14,17H,3,5-6,10,15-16,18,29H2,1-2H3,(H,30,33,35). The largest absolute Gasteiger partial charge is 0.383 e. The van der Waals surface area contributed by atoms with E-state index in [1.807, 2.05) is 56.3 Å². The van der Waals surface area contributed by atoms with Gasteiger partial charge >= 0.3 is 5.69 Å². The highest BCUT2D eigenvalue weighted by Gasteiger charge is 2.26. The van der Waals surface area contributed by atoms with Crippen LogP contribution in [0.2, 0.25) is 0 Å². The van der Waals surface area contributed by atoms with Crippen LogP contribution in [0.5, 0.6) is 0 Å². The summed E-state index contributed by atoms with van der Waals surface area (Å²) in [5.74, 6) is -0.330. The van der Waals surface area contributed by atoms with Crippen LogP contribution in [0.25, 0.3) is 0 Å². The number of nitrogens with one attached hydrogen (secondary N) is 1. The number of benzene rings is 2. The lowest BCUT2D eigenvalue weighted by Crippen LogP contribution is -2.42. The number of carbonyl (C=O) groups excluding carboxylic acids is 1. The second-order valence-electron chi connectivity index (χ2n) is 9.18. The maximum Gasteiger partial charge on any atom is 0.330 e. The molecule has 3 aromatic rings. The first kappa shape index (κ1) is 24.3. The molecule has 0 bridgehead atoms. The van der Waals surface area contributed by atoms with E-state index in [2.05, 4.69) is 11.1 Å². The first-order chi connectivity index (χ1) is 16.8. The monoisotopic (exact) mass is 472 g/mol. The van der Waals surface area contributed by atoms with Crippen molar-refractivity contribution in [3.63, 3.8) is 0 Å². The fraction of sp³-hybridized carbons (Fsp3) is 0.321. The molecule has 0 atom stereocenters. The van der Waals surface area contributed by atoms with E-state index in [1.54, 1.807) is 6.07 Å². The number of aromatic amines is 1. The van der Waals surface area contributed by atoms with Crippen LogP contribution < -0.4 is 21.9 Å². The summed E-state index contributed by atoms with van der Waals surface area (Å²) in [6.07, 6.45) is 7.20. The number of nitrogens with zero attached hydrogens (tertiary/aromatic N) is 2. The molecule has 2 aromatic carbocycles. The predicted octanol–water partition coefficient (Wildman–Crippen LogP) is 4.32. The van der Waals surface area contributed by atoms with E-state index in [0.717, 1.165) is 36.0 Å². The molecule has 0 saturated heterocycles. The number of anilines is 2. The molecule has 0 saturated carbocycles. The summed E-state index contributed by atoms with van der Waals surface area (Å²) in [6.45, 7) is 4.42. The average Bonchev–Trinajstić information content (AvgIpc) is 2.86. The lowest BCUT2D eigenvalue weighted by atomic mass is 9.97. The number of aromatic nitrogens is 2. The molecule has 1 aliphatic carbocycles. The molecule has 3 N–H and O–H groups in total. The van der Waals surface area contributed by atoms with Crippen LogP contribution in [-0.4, -0.2) is 22.0 Å². The SMILES string of the molecule is Cc1ccc(C(=O)N(CCC2=CCCCC2)c2c(N)n(Cc3ccccc3)c(=O)[nH]c2=O)cc1C. The van der Waals surface area contributed by atoms with Gasteiger partial charge in [0, 0.05) is 12.1 Å². The second-order valence-corrected chi connectivity index (χ2v) is 9.18. The number of amides is 1. The minimum Gasteiger partial charge on any atom is -0.383 e. The van der Waals surface area contributed by atoms with Crippen molar-refractivity contribution >= 4 is 17.4 Å². The number of hydrogen-bond acceptors (Lipinski definition) is 4. The third kappa shape index (κ3) is 5.45. The molecule has 1 aromatic heterocycles. The van der Waals surface area contributed by atoms with Gasteiger partial charge in [0.15, 0.2) is 5.69 Å². The number of nitrogen functional groups attached to an aromatic ring is 1. The molecular weight excluding hydrogens is 440 g/mol. The molecule has 0 aliphatic heterocycles. The van der Waals surface area contributed by atoms with E-state index in [-0.39, 0.29) is 24.0 Å². The maximum atomic E-state index is 13.8. The van der Waals surface area contributed by atoms with Crippen LogP contribution in [0.1, 0.15) is 59.2 Å². The maximum absolute atomic E-state index is 13.8. The van der Waals surface area contributed by atoms with E-state index in [0.29, 0.717) is 18.5 Å². The molecule has 7 nitrogen and oxygen atoms in total. The van der Waals surface area contributed by atoms with Gasteiger partial charge in [-0.15, -0.1) is 0 Å². The van der Waals surface area contributed by atoms with E-state index < -0.39 is 11.2 Å². The third-order valence-corrected chi connectivity index (χ3v) is 6.71. The van der Waals surface area contributed by atoms with E-state index in [9.17, 15) is 14.4 Å². The highest BCUT2D eigenvalue weighted by molar-refractivity contribution is 6.07. The van der Waals surface area contributed by atoms with Gasteiger partial charge < -0.3 is 10.6 Å². The number of carbonyl (C=O) groups is 1. The number of rotatable bonds is 7. The van der Waals surface area contributed by atoms with E-state index in [4.69, 9.17) is 5.73 Å². The van der Waals surface area contributed by atoms with E-state index >= 15 is 0 Å². The van der Waals surface area contributed by atoms with Crippen molar-refractivity contribution in [3.05, 3.63) is 103 Å². The first-order valence-electron chi connectivity index (χ1n) is 12.1. The zero-order valence-electron chi connectivity index (χ0n) is 20.3. The smallest absolute Gasteiger partial charge is 0.330 e. The Hall–Kier alpha value is -3.87. The molecule has 1 aliphatic rings. The summed E-state index contributed by atoms with van der Waals surface area (Å²) >= 11 is 0. The normalized spacial score (nSPS) is 13.4. The molecule has 35 heavy (non-hydrogen) atoms. The van der Waals surface area contributed by atoms with Crippen LogP contribution in [0, 0.1) is 13.8 Å². The lowest BCUT2D eigenvalue weighted by Gasteiger charge is -2.26. The quantitative estimate of drug-likeness (QED) is 0.500. The molecule has 0 fully saturated rings. The van der Waals surface area contributed by atoms with Gasteiger partial charge in [-0.3, -0.25) is 19.1 Å². The van der Waals surface area contributed by atoms with Gasteiger partial charge in [0.2, 0.25) is 0 Å². The van der Waals surface area contributed by atoms with Gasteiger partial charge in [-0.2, -0.15) is 0 Å². The predicted molar refractivity (Wildman–Crippen MR) is 140 cm³/mol. The van der Waals surface area contributed by atoms with Gasteiger partial charge in [0.1, 0.15) is 5.82 Å². The van der Waals surface area contributed by atoms with Crippen molar-refractivity contribution in [2.45, 2.75) is 52.5 Å². The van der Waals surface area contributed by atoms with Crippen LogP contribution in [0.15, 0.2) is 69.8 Å². The Labute approximate surface area is 204 Å². The summed E-state index contributed by atoms with van der Waals surface area (Å²) in [5.41, 5.74) is 9.88. The summed E-state index contributed by atoms with van der Waals surface area (Å²) < 4.78 is 1.31. The van der Waals surface area contributed by atoms with Gasteiger partial charge in [-0.05, 0) is 74.8 Å². The van der Waals surface area contributed by atoms with Crippen molar-refractivity contribution < 1.29 is 4.79 Å². The molecular formula is C28H32N4O3. The summed E-state index contributed by atoms with van der Waals surface area (Å²) in [6, 6.07) is 14.9. The van der Waals surface area contributed by atoms with Crippen LogP contribution >= 0.6 is 0 Å². The zero-order valence-corrected chi connectivity index (χ0v) is 20.3. The van der Waals surface area contributed by atoms with Gasteiger partial charge in [0.25, 0.3) is 11.5 Å². The second kappa shape index (κ2) is 10.6. The van der Waals surface area contributed by atoms with Gasteiger partial charge in [0.05, 0.1) is 6.54 Å². The van der Waals surface area contributed by atoms with Gasteiger partial charge in [-0.25, -0.2) is 4.79 Å². The van der Waals surface area contributed by atoms with Crippen LogP contribution in [-0.2, 0) is 6.54 Å². The molecule has 0 unspecified atom stereocenters. The number of hydrogen-bond donors (Lipinski definition) is 2. The molecule has 1 heterocycles. The minimum atomic E-state index is -0.661. The Balaban J connectivity index is 1.78. The zero-order chi connectivity index (χ0) is 24.9. The molecule has 4 rings (SSSR count). The Kier molecular flexibility index (Phi) is 7.34. The van der Waals surface area contributed by atoms with E-state index in [1.165, 1.54) is 21.5 Å². The fourth-order valence-electron chi connectivity index (χ4n) is 4.49. The fourth-order valence-corrected chi connectivity index (χ4v) is 4.49. The van der Waals surface area contributed by atoms with Crippen molar-refractivity contribution in [2.75, 3.05) is 17.2 Å². The highest BCUT2D eigenvalue weighted by Crippen LogP contribution is 2.25. The topological polar surface area (TPSA) is 101 Å². The minimum absolute atomic E-state index is 0.0140. The number of aryl methyl sites for hydroxylation is 2. The Morgan fingerprint density at radius 3 is 2.51 bits per heavy atom. The van der Waals surface area contributed by atoms with Gasteiger partial charge in [-0.1, -0.05) is 48.0 Å².